The third-order valence-electron chi connectivity index (χ3n) is 5.39. The molecule has 1 fully saturated rings. The standard InChI is InChI=1S/C20H27ClN4O.ClH/c1-13(22)16-5-4-10-24(12-16)20(26)11-19-14(2)23-25(15(19)3)18-8-6-17(21)7-9-18;/h6-9,13,16H,4-5,10-12,22H2,1-3H3;1H. The third-order valence-corrected chi connectivity index (χ3v) is 5.65. The van der Waals surface area contributed by atoms with Crippen LogP contribution in [0.15, 0.2) is 24.3 Å². The SMILES string of the molecule is Cc1nn(-c2ccc(Cl)cc2)c(C)c1CC(=O)N1CCCC(C(C)N)C1.Cl. The Bertz CT molecular complexity index is 786. The number of aromatic nitrogens is 2. The van der Waals surface area contributed by atoms with Gasteiger partial charge in [0.15, 0.2) is 0 Å². The highest BCUT2D eigenvalue weighted by molar-refractivity contribution is 6.30. The first-order chi connectivity index (χ1) is 12.4. The number of hydrogen-bond acceptors (Lipinski definition) is 3. The average Bonchev–Trinajstić information content (AvgIpc) is 2.90. The molecule has 148 valence electrons. The molecule has 1 aromatic heterocycles. The van der Waals surface area contributed by atoms with Crippen LogP contribution >= 0.6 is 24.0 Å². The van der Waals surface area contributed by atoms with E-state index in [0.29, 0.717) is 17.4 Å². The van der Waals surface area contributed by atoms with Crippen LogP contribution in [-0.2, 0) is 11.2 Å². The lowest BCUT2D eigenvalue weighted by Gasteiger charge is -2.34. The molecule has 27 heavy (non-hydrogen) atoms. The maximum absolute atomic E-state index is 12.9. The molecule has 2 atom stereocenters. The summed E-state index contributed by atoms with van der Waals surface area (Å²) in [5.41, 5.74) is 9.90. The zero-order chi connectivity index (χ0) is 18.8. The van der Waals surface area contributed by atoms with Crippen LogP contribution in [0.1, 0.15) is 36.7 Å². The quantitative estimate of drug-likeness (QED) is 0.835. The Morgan fingerprint density at radius 2 is 2.00 bits per heavy atom. The Balaban J connectivity index is 0.00000261. The van der Waals surface area contributed by atoms with Crippen LogP contribution in [0, 0.1) is 19.8 Å². The zero-order valence-electron chi connectivity index (χ0n) is 16.1. The highest BCUT2D eigenvalue weighted by Gasteiger charge is 2.27. The second-order valence-electron chi connectivity index (χ2n) is 7.32. The van der Waals surface area contributed by atoms with Gasteiger partial charge in [-0.3, -0.25) is 4.79 Å². The van der Waals surface area contributed by atoms with Gasteiger partial charge in [-0.25, -0.2) is 4.68 Å². The smallest absolute Gasteiger partial charge is 0.227 e. The van der Waals surface area contributed by atoms with E-state index < -0.39 is 0 Å². The highest BCUT2D eigenvalue weighted by atomic mass is 35.5. The number of halogens is 2. The molecule has 0 saturated carbocycles. The molecule has 1 aromatic carbocycles. The summed E-state index contributed by atoms with van der Waals surface area (Å²) in [7, 11) is 0. The van der Waals surface area contributed by atoms with Gasteiger partial charge in [-0.15, -0.1) is 12.4 Å². The second-order valence-corrected chi connectivity index (χ2v) is 7.75. The molecule has 2 aromatic rings. The molecule has 0 spiro atoms. The zero-order valence-corrected chi connectivity index (χ0v) is 17.7. The Morgan fingerprint density at radius 1 is 1.33 bits per heavy atom. The van der Waals surface area contributed by atoms with Crippen molar-refractivity contribution >= 4 is 29.9 Å². The van der Waals surface area contributed by atoms with E-state index in [2.05, 4.69) is 5.10 Å². The highest BCUT2D eigenvalue weighted by Crippen LogP contribution is 2.23. The summed E-state index contributed by atoms with van der Waals surface area (Å²) in [4.78, 5) is 14.8. The summed E-state index contributed by atoms with van der Waals surface area (Å²) in [6.07, 6.45) is 2.52. The minimum absolute atomic E-state index is 0. The average molecular weight is 411 g/mol. The lowest BCUT2D eigenvalue weighted by Crippen LogP contribution is -2.45. The van der Waals surface area contributed by atoms with Crippen molar-refractivity contribution < 1.29 is 4.79 Å². The van der Waals surface area contributed by atoms with Crippen molar-refractivity contribution in [2.75, 3.05) is 13.1 Å². The largest absolute Gasteiger partial charge is 0.342 e. The van der Waals surface area contributed by atoms with Crippen LogP contribution in [0.3, 0.4) is 0 Å². The van der Waals surface area contributed by atoms with Gasteiger partial charge in [0.1, 0.15) is 0 Å². The maximum atomic E-state index is 12.9. The van der Waals surface area contributed by atoms with Gasteiger partial charge in [0, 0.05) is 35.4 Å². The minimum Gasteiger partial charge on any atom is -0.342 e. The van der Waals surface area contributed by atoms with Crippen LogP contribution in [0.2, 0.25) is 5.02 Å². The van der Waals surface area contributed by atoms with Crippen molar-refractivity contribution in [3.8, 4) is 5.69 Å². The summed E-state index contributed by atoms with van der Waals surface area (Å²) >= 11 is 5.98. The van der Waals surface area contributed by atoms with E-state index in [-0.39, 0.29) is 24.4 Å². The van der Waals surface area contributed by atoms with E-state index in [1.807, 2.05) is 54.6 Å². The molecule has 2 N–H and O–H groups in total. The van der Waals surface area contributed by atoms with Crippen LogP contribution in [0.25, 0.3) is 5.69 Å². The Labute approximate surface area is 172 Å². The predicted molar refractivity (Wildman–Crippen MR) is 112 cm³/mol. The first kappa shape index (κ1) is 21.7. The van der Waals surface area contributed by atoms with Gasteiger partial charge in [-0.05, 0) is 63.8 Å². The van der Waals surface area contributed by atoms with Crippen molar-refractivity contribution in [2.24, 2.45) is 11.7 Å². The fraction of sp³-hybridized carbons (Fsp3) is 0.500. The number of amides is 1. The number of benzene rings is 1. The molecule has 0 aliphatic carbocycles. The molecule has 1 aliphatic heterocycles. The lowest BCUT2D eigenvalue weighted by molar-refractivity contribution is -0.132. The number of likely N-dealkylation sites (tertiary alicyclic amines) is 1. The van der Waals surface area contributed by atoms with Gasteiger partial charge in [0.25, 0.3) is 0 Å². The molecule has 3 rings (SSSR count). The minimum atomic E-state index is 0. The van der Waals surface area contributed by atoms with E-state index in [1.54, 1.807) is 0 Å². The number of nitrogens with zero attached hydrogens (tertiary/aromatic N) is 3. The monoisotopic (exact) mass is 410 g/mol. The van der Waals surface area contributed by atoms with Crippen LogP contribution in [0.4, 0.5) is 0 Å². The third kappa shape index (κ3) is 4.84. The number of carbonyl (C=O) groups excluding carboxylic acids is 1. The van der Waals surface area contributed by atoms with Gasteiger partial charge in [0.05, 0.1) is 17.8 Å². The molecule has 2 heterocycles. The maximum Gasteiger partial charge on any atom is 0.227 e. The molecule has 1 saturated heterocycles. The van der Waals surface area contributed by atoms with Crippen LogP contribution in [-0.4, -0.2) is 39.7 Å². The van der Waals surface area contributed by atoms with Gasteiger partial charge in [0.2, 0.25) is 5.91 Å². The van der Waals surface area contributed by atoms with Crippen molar-refractivity contribution in [2.45, 2.75) is 46.1 Å². The number of hydrogen-bond donors (Lipinski definition) is 1. The molecule has 0 bridgehead atoms. The molecular weight excluding hydrogens is 383 g/mol. The summed E-state index contributed by atoms with van der Waals surface area (Å²) in [5, 5.41) is 5.33. The summed E-state index contributed by atoms with van der Waals surface area (Å²) in [6, 6.07) is 7.69. The molecule has 1 amide bonds. The molecule has 2 unspecified atom stereocenters. The van der Waals surface area contributed by atoms with Gasteiger partial charge < -0.3 is 10.6 Å². The Hall–Kier alpha value is -1.56. The number of aryl methyl sites for hydroxylation is 1. The number of nitrogens with two attached hydrogens (primary N) is 1. The van der Waals surface area contributed by atoms with Crippen molar-refractivity contribution in [3.05, 3.63) is 46.2 Å². The van der Waals surface area contributed by atoms with Gasteiger partial charge in [-0.1, -0.05) is 11.6 Å². The lowest BCUT2D eigenvalue weighted by atomic mass is 9.92. The van der Waals surface area contributed by atoms with E-state index in [4.69, 9.17) is 17.3 Å². The van der Waals surface area contributed by atoms with E-state index in [0.717, 1.165) is 48.6 Å². The number of piperidine rings is 1. The van der Waals surface area contributed by atoms with E-state index in [9.17, 15) is 4.79 Å². The van der Waals surface area contributed by atoms with Crippen molar-refractivity contribution in [1.82, 2.24) is 14.7 Å². The topological polar surface area (TPSA) is 64.2 Å². The van der Waals surface area contributed by atoms with Crippen LogP contribution < -0.4 is 5.73 Å². The van der Waals surface area contributed by atoms with E-state index in [1.165, 1.54) is 0 Å². The Kier molecular flexibility index (Phi) is 7.32. The first-order valence-electron chi connectivity index (χ1n) is 9.21. The molecule has 5 nitrogen and oxygen atoms in total. The van der Waals surface area contributed by atoms with E-state index >= 15 is 0 Å². The summed E-state index contributed by atoms with van der Waals surface area (Å²) < 4.78 is 1.88. The van der Waals surface area contributed by atoms with Gasteiger partial charge in [-0.2, -0.15) is 5.10 Å². The molecule has 1 aliphatic rings. The number of rotatable bonds is 4. The molecular formula is C20H28Cl2N4O. The van der Waals surface area contributed by atoms with Gasteiger partial charge >= 0.3 is 0 Å². The fourth-order valence-electron chi connectivity index (χ4n) is 3.69. The first-order valence-corrected chi connectivity index (χ1v) is 9.59. The molecule has 0 radical (unpaired) electrons. The summed E-state index contributed by atoms with van der Waals surface area (Å²) in [6.45, 7) is 7.59. The number of carbonyl (C=O) groups is 1. The fourth-order valence-corrected chi connectivity index (χ4v) is 3.82. The molecule has 7 heteroatoms. The predicted octanol–water partition coefficient (Wildman–Crippen LogP) is 3.69. The van der Waals surface area contributed by atoms with Crippen molar-refractivity contribution in [3.63, 3.8) is 0 Å². The second kappa shape index (κ2) is 9.09. The van der Waals surface area contributed by atoms with Crippen LogP contribution in [0.5, 0.6) is 0 Å². The summed E-state index contributed by atoms with van der Waals surface area (Å²) in [5.74, 6) is 0.559. The normalized spacial score (nSPS) is 18.1. The Morgan fingerprint density at radius 3 is 2.63 bits per heavy atom. The van der Waals surface area contributed by atoms with Crippen molar-refractivity contribution in [1.29, 1.82) is 0 Å².